The summed E-state index contributed by atoms with van der Waals surface area (Å²) in [7, 11) is 4.21. The number of rotatable bonds is 16. The summed E-state index contributed by atoms with van der Waals surface area (Å²) < 4.78 is 33.3. The lowest BCUT2D eigenvalue weighted by Gasteiger charge is -2.26. The number of carbonyl (C=O) groups excluding carboxylic acids is 2. The van der Waals surface area contributed by atoms with Gasteiger partial charge in [0, 0.05) is 12.2 Å². The molecule has 0 aliphatic carbocycles. The van der Waals surface area contributed by atoms with Gasteiger partial charge in [-0.3, -0.25) is 0 Å². The van der Waals surface area contributed by atoms with Gasteiger partial charge < -0.3 is 48.8 Å². The van der Waals surface area contributed by atoms with Gasteiger partial charge in [0.25, 0.3) is 0 Å². The molecule has 4 rings (SSSR count). The molecular formula is C39H38O12. The highest BCUT2D eigenvalue weighted by Crippen LogP contribution is 2.41. The molecular weight excluding hydrogens is 660 g/mol. The normalized spacial score (nSPS) is 12.5. The molecule has 0 radical (unpaired) electrons. The van der Waals surface area contributed by atoms with Crippen molar-refractivity contribution < 1.29 is 58.4 Å². The standard InChI is InChI=1S/C39H38O12/c1-46-32-23-28(12-17-31(32)42)38(45)35(24-50-37(44)19-11-26-8-15-30(41)16-9-26)51-39-33(47-2)21-27(22-34(39)48-3)5-4-20-49-36(43)18-10-25-6-13-29(40)14-7-25/h4-19,21-23,35,38,40-42,45H,20,24H2,1-3H3/b5-4+,18-10+,19-11+/t35-,38-/m0/s1. The zero-order valence-electron chi connectivity index (χ0n) is 28.1. The van der Waals surface area contributed by atoms with Crippen molar-refractivity contribution in [3.63, 3.8) is 0 Å². The molecule has 0 aliphatic rings. The van der Waals surface area contributed by atoms with Crippen molar-refractivity contribution in [2.45, 2.75) is 12.2 Å². The number of carbonyl (C=O) groups is 2. The highest BCUT2D eigenvalue weighted by Gasteiger charge is 2.28. The Hall–Kier alpha value is -6.40. The van der Waals surface area contributed by atoms with E-state index in [-0.39, 0.29) is 46.9 Å². The Labute approximate surface area is 294 Å². The first-order chi connectivity index (χ1) is 24.6. The average molecular weight is 699 g/mol. The number of aliphatic hydroxyl groups excluding tert-OH is 1. The number of esters is 2. The summed E-state index contributed by atoms with van der Waals surface area (Å²) in [5, 5.41) is 40.4. The van der Waals surface area contributed by atoms with Crippen LogP contribution in [0, 0.1) is 0 Å². The molecule has 0 bridgehead atoms. The Morgan fingerprint density at radius 3 is 1.71 bits per heavy atom. The molecule has 0 saturated carbocycles. The first-order valence-electron chi connectivity index (χ1n) is 15.5. The van der Waals surface area contributed by atoms with Gasteiger partial charge in [0.2, 0.25) is 5.75 Å². The number of aromatic hydroxyl groups is 3. The van der Waals surface area contributed by atoms with E-state index in [4.69, 9.17) is 28.4 Å². The second-order valence-electron chi connectivity index (χ2n) is 10.8. The van der Waals surface area contributed by atoms with E-state index in [1.54, 1.807) is 54.6 Å². The van der Waals surface area contributed by atoms with Gasteiger partial charge in [0.15, 0.2) is 29.1 Å². The molecule has 4 aromatic carbocycles. The average Bonchev–Trinajstić information content (AvgIpc) is 3.14. The van der Waals surface area contributed by atoms with Crippen LogP contribution in [0.4, 0.5) is 0 Å². The van der Waals surface area contributed by atoms with Gasteiger partial charge in [-0.15, -0.1) is 0 Å². The van der Waals surface area contributed by atoms with Crippen molar-refractivity contribution >= 4 is 30.2 Å². The molecule has 0 unspecified atom stereocenters. The van der Waals surface area contributed by atoms with Crippen molar-refractivity contribution in [1.29, 1.82) is 0 Å². The predicted octanol–water partition coefficient (Wildman–Crippen LogP) is 5.84. The fourth-order valence-corrected chi connectivity index (χ4v) is 4.62. The van der Waals surface area contributed by atoms with Crippen LogP contribution in [0.1, 0.15) is 28.4 Å². The van der Waals surface area contributed by atoms with Crippen LogP contribution >= 0.6 is 0 Å². The number of aliphatic hydroxyl groups is 1. The van der Waals surface area contributed by atoms with E-state index in [9.17, 15) is 30.0 Å². The maximum Gasteiger partial charge on any atom is 0.331 e. The maximum atomic E-state index is 12.7. The summed E-state index contributed by atoms with van der Waals surface area (Å²) >= 11 is 0. The molecule has 0 heterocycles. The van der Waals surface area contributed by atoms with Crippen LogP contribution in [-0.2, 0) is 19.1 Å². The van der Waals surface area contributed by atoms with Crippen LogP contribution in [0.3, 0.4) is 0 Å². The minimum atomic E-state index is -1.39. The summed E-state index contributed by atoms with van der Waals surface area (Å²) in [5.41, 5.74) is 2.28. The minimum absolute atomic E-state index is 0.0292. The molecule has 4 N–H and O–H groups in total. The van der Waals surface area contributed by atoms with Crippen LogP contribution < -0.4 is 18.9 Å². The Bertz CT molecular complexity index is 1840. The van der Waals surface area contributed by atoms with Gasteiger partial charge in [0.05, 0.1) is 21.3 Å². The molecule has 0 amide bonds. The number of phenolic OH excluding ortho intramolecular Hbond substituents is 3. The predicted molar refractivity (Wildman–Crippen MR) is 189 cm³/mol. The van der Waals surface area contributed by atoms with Gasteiger partial charge in [-0.25, -0.2) is 9.59 Å². The fraction of sp³-hybridized carbons (Fsp3) is 0.179. The second kappa shape index (κ2) is 18.4. The fourth-order valence-electron chi connectivity index (χ4n) is 4.62. The highest BCUT2D eigenvalue weighted by molar-refractivity contribution is 5.87. The lowest BCUT2D eigenvalue weighted by atomic mass is 10.0. The van der Waals surface area contributed by atoms with Gasteiger partial charge >= 0.3 is 11.9 Å². The third-order valence-corrected chi connectivity index (χ3v) is 7.28. The van der Waals surface area contributed by atoms with E-state index in [0.717, 1.165) is 5.56 Å². The lowest BCUT2D eigenvalue weighted by molar-refractivity contribution is -0.142. The monoisotopic (exact) mass is 698 g/mol. The smallest absolute Gasteiger partial charge is 0.331 e. The van der Waals surface area contributed by atoms with E-state index in [0.29, 0.717) is 16.7 Å². The van der Waals surface area contributed by atoms with Crippen LogP contribution in [0.15, 0.2) is 97.1 Å². The number of ether oxygens (including phenoxy) is 6. The Morgan fingerprint density at radius 1 is 0.647 bits per heavy atom. The van der Waals surface area contributed by atoms with E-state index in [2.05, 4.69) is 0 Å². The summed E-state index contributed by atoms with van der Waals surface area (Å²) in [5.74, 6) is -0.535. The summed E-state index contributed by atoms with van der Waals surface area (Å²) in [6, 6.07) is 20.1. The lowest BCUT2D eigenvalue weighted by Crippen LogP contribution is -2.31. The zero-order valence-corrected chi connectivity index (χ0v) is 28.1. The van der Waals surface area contributed by atoms with Crippen molar-refractivity contribution in [3.05, 3.63) is 119 Å². The van der Waals surface area contributed by atoms with Crippen LogP contribution in [0.5, 0.6) is 40.2 Å². The van der Waals surface area contributed by atoms with E-state index >= 15 is 0 Å². The molecule has 0 spiro atoms. The molecule has 0 aromatic heterocycles. The largest absolute Gasteiger partial charge is 0.508 e. The van der Waals surface area contributed by atoms with Crippen LogP contribution in [0.2, 0.25) is 0 Å². The van der Waals surface area contributed by atoms with Crippen molar-refractivity contribution in [1.82, 2.24) is 0 Å². The van der Waals surface area contributed by atoms with Gasteiger partial charge in [-0.05, 0) is 89.0 Å². The SMILES string of the molecule is COc1cc([C@H](O)[C@H](COC(=O)/C=C/c2ccc(O)cc2)Oc2c(OC)cc(/C=C/COC(=O)/C=C/c3ccc(O)cc3)cc2OC)ccc1O. The van der Waals surface area contributed by atoms with Crippen molar-refractivity contribution in [2.75, 3.05) is 34.5 Å². The number of benzene rings is 4. The van der Waals surface area contributed by atoms with Gasteiger partial charge in [-0.2, -0.15) is 0 Å². The molecule has 0 fully saturated rings. The zero-order chi connectivity index (χ0) is 36.8. The molecule has 51 heavy (non-hydrogen) atoms. The van der Waals surface area contributed by atoms with Crippen molar-refractivity contribution in [2.24, 2.45) is 0 Å². The number of hydrogen-bond acceptors (Lipinski definition) is 12. The molecule has 0 aliphatic heterocycles. The van der Waals surface area contributed by atoms with E-state index < -0.39 is 30.8 Å². The molecule has 2 atom stereocenters. The topological polar surface area (TPSA) is 170 Å². The Morgan fingerprint density at radius 2 is 1.18 bits per heavy atom. The number of phenols is 3. The highest BCUT2D eigenvalue weighted by atomic mass is 16.6. The van der Waals surface area contributed by atoms with E-state index in [1.807, 2.05) is 0 Å². The van der Waals surface area contributed by atoms with Crippen LogP contribution in [-0.4, -0.2) is 73.0 Å². The number of methoxy groups -OCH3 is 3. The Balaban J connectivity index is 1.51. The molecule has 12 nitrogen and oxygen atoms in total. The third-order valence-electron chi connectivity index (χ3n) is 7.28. The maximum absolute atomic E-state index is 12.7. The molecule has 4 aromatic rings. The second-order valence-corrected chi connectivity index (χ2v) is 10.8. The quantitative estimate of drug-likeness (QED) is 0.0816. The summed E-state index contributed by atoms with van der Waals surface area (Å²) in [6.45, 7) is -0.442. The van der Waals surface area contributed by atoms with E-state index in [1.165, 1.54) is 82.0 Å². The first kappa shape index (κ1) is 37.4. The molecule has 0 saturated heterocycles. The molecule has 12 heteroatoms. The Kier molecular flexibility index (Phi) is 13.5. The van der Waals surface area contributed by atoms with Crippen LogP contribution in [0.25, 0.3) is 18.2 Å². The number of hydrogen-bond donors (Lipinski definition) is 4. The summed E-state index contributed by atoms with van der Waals surface area (Å²) in [4.78, 5) is 24.8. The van der Waals surface area contributed by atoms with Gasteiger partial charge in [-0.1, -0.05) is 36.4 Å². The van der Waals surface area contributed by atoms with Gasteiger partial charge in [0.1, 0.15) is 30.8 Å². The first-order valence-corrected chi connectivity index (χ1v) is 15.5. The minimum Gasteiger partial charge on any atom is -0.508 e. The third kappa shape index (κ3) is 11.1. The molecule has 266 valence electrons. The summed E-state index contributed by atoms with van der Waals surface area (Å²) in [6.07, 6.45) is 6.26. The van der Waals surface area contributed by atoms with Crippen molar-refractivity contribution in [3.8, 4) is 40.2 Å².